The maximum atomic E-state index is 14.9. The predicted octanol–water partition coefficient (Wildman–Crippen LogP) is 6.45. The molecule has 4 heterocycles. The Morgan fingerprint density at radius 3 is 2.44 bits per heavy atom. The van der Waals surface area contributed by atoms with E-state index in [0.29, 0.717) is 95.8 Å². The lowest BCUT2D eigenvalue weighted by Gasteiger charge is -2.35. The molecule has 4 N–H and O–H groups in total. The number of thiazole rings is 1. The van der Waals surface area contributed by atoms with Gasteiger partial charge in [0.1, 0.15) is 58.7 Å². The van der Waals surface area contributed by atoms with Crippen molar-refractivity contribution in [3.8, 4) is 22.9 Å². The maximum absolute atomic E-state index is 14.9. The summed E-state index contributed by atoms with van der Waals surface area (Å²) in [6.45, 7) is 17.8. The molecule has 2 unspecified atom stereocenters. The number of aliphatic carboxylic acids is 1. The molecule has 2 saturated heterocycles. The monoisotopic (exact) mass is 923 g/mol. The lowest BCUT2D eigenvalue weighted by Crippen LogP contribution is -2.59. The zero-order valence-corrected chi connectivity index (χ0v) is 39.4. The number of carbonyl (C=O) groups excluding carboxylic acids is 3. The fourth-order valence-corrected chi connectivity index (χ4v) is 11.0. The van der Waals surface area contributed by atoms with Crippen LogP contribution < -0.4 is 25.4 Å². The van der Waals surface area contributed by atoms with Crippen molar-refractivity contribution in [3.63, 3.8) is 0 Å². The van der Waals surface area contributed by atoms with Crippen LogP contribution in [0.4, 0.5) is 9.93 Å². The molecule has 3 aliphatic carbocycles. The minimum Gasteiger partial charge on any atom is -0.491 e. The van der Waals surface area contributed by atoms with Crippen LogP contribution >= 0.6 is 22.9 Å². The van der Waals surface area contributed by atoms with Crippen LogP contribution in [0.1, 0.15) is 80.6 Å². The number of morpholine rings is 1. The summed E-state index contributed by atoms with van der Waals surface area (Å²) in [5.74, 6) is 0.198. The summed E-state index contributed by atoms with van der Waals surface area (Å²) >= 11 is 8.56. The van der Waals surface area contributed by atoms with Crippen LogP contribution in [-0.4, -0.2) is 131 Å². The molecule has 64 heavy (non-hydrogen) atoms. The molecule has 0 spiro atoms. The number of halogens is 1. The van der Waals surface area contributed by atoms with Crippen molar-refractivity contribution >= 4 is 62.8 Å². The van der Waals surface area contributed by atoms with E-state index in [1.807, 2.05) is 53.0 Å². The Kier molecular flexibility index (Phi) is 13.3. The summed E-state index contributed by atoms with van der Waals surface area (Å²) in [5, 5.41) is 22.8. The summed E-state index contributed by atoms with van der Waals surface area (Å²) in [6.07, 6.45) is 0.892. The van der Waals surface area contributed by atoms with Gasteiger partial charge in [-0.1, -0.05) is 52.6 Å². The number of aromatic nitrogens is 2. The van der Waals surface area contributed by atoms with Crippen molar-refractivity contribution in [1.82, 2.24) is 30.4 Å². The Balaban J connectivity index is 1.09. The fraction of sp³-hybridized carbons (Fsp3) is 0.652. The standard InChI is InChI=1S/C46H62ClN7O9S/c1-8-26-21-46(26,42(57)58)52-40(55)34-19-28(22-54(34)41(56)39(45(5,6)7)51-44(59)63-27-17-30-25(4)31(30)18-27)62-36-20-32(33-23-64-43(50-33)48-24(2)3)49-38-29(36)9-10-35(37(38)47)61-16-13-53-11-14-60-15-12-53/h9-10,20,23-28,30-31,34,39H,8,11-19,21-22H2,1-7H3,(H,48,50)(H,51,59)(H,52,55)(H,57,58)/t25?,26-,27?,28-,30-,31+,34+,39-,46-/m1/s1. The third-order valence-electron chi connectivity index (χ3n) is 13.7. The van der Waals surface area contributed by atoms with Crippen LogP contribution in [0, 0.1) is 29.1 Å². The van der Waals surface area contributed by atoms with Gasteiger partial charge >= 0.3 is 12.1 Å². The Morgan fingerprint density at radius 1 is 1.05 bits per heavy atom. The molecule has 3 saturated carbocycles. The third-order valence-corrected chi connectivity index (χ3v) is 14.9. The quantitative estimate of drug-likeness (QED) is 0.123. The summed E-state index contributed by atoms with van der Waals surface area (Å²) in [7, 11) is 0. The van der Waals surface area contributed by atoms with E-state index in [9.17, 15) is 24.3 Å². The summed E-state index contributed by atoms with van der Waals surface area (Å²) in [6, 6.07) is 3.37. The highest BCUT2D eigenvalue weighted by Gasteiger charge is 2.62. The first kappa shape index (κ1) is 46.1. The molecule has 2 aliphatic heterocycles. The predicted molar refractivity (Wildman–Crippen MR) is 243 cm³/mol. The van der Waals surface area contributed by atoms with E-state index in [4.69, 9.17) is 40.5 Å². The molecule has 0 radical (unpaired) electrons. The average Bonchev–Trinajstić information content (AvgIpc) is 3.73. The lowest BCUT2D eigenvalue weighted by atomic mass is 9.85. The first-order valence-electron chi connectivity index (χ1n) is 22.7. The number of anilines is 1. The van der Waals surface area contributed by atoms with Gasteiger partial charge in [-0.15, -0.1) is 11.3 Å². The van der Waals surface area contributed by atoms with Crippen molar-refractivity contribution in [2.45, 2.75) is 116 Å². The number of rotatable bonds is 16. The Morgan fingerprint density at radius 2 is 1.78 bits per heavy atom. The number of amides is 3. The second-order valence-corrected chi connectivity index (χ2v) is 20.8. The fourth-order valence-electron chi connectivity index (χ4n) is 9.84. The van der Waals surface area contributed by atoms with Gasteiger partial charge in [0, 0.05) is 48.9 Å². The van der Waals surface area contributed by atoms with Crippen LogP contribution in [0.3, 0.4) is 0 Å². The Bertz CT molecular complexity index is 2240. The lowest BCUT2D eigenvalue weighted by molar-refractivity contribution is -0.146. The number of benzene rings is 1. The second kappa shape index (κ2) is 18.4. The molecule has 1 aromatic carbocycles. The summed E-state index contributed by atoms with van der Waals surface area (Å²) < 4.78 is 24.4. The number of carboxylic acids is 1. The topological polar surface area (TPSA) is 194 Å². The van der Waals surface area contributed by atoms with E-state index >= 15 is 0 Å². The highest BCUT2D eigenvalue weighted by molar-refractivity contribution is 7.14. The largest absolute Gasteiger partial charge is 0.491 e. The van der Waals surface area contributed by atoms with Crippen LogP contribution in [0.15, 0.2) is 23.6 Å². The van der Waals surface area contributed by atoms with Crippen molar-refractivity contribution in [2.24, 2.45) is 29.1 Å². The zero-order valence-electron chi connectivity index (χ0n) is 37.8. The van der Waals surface area contributed by atoms with E-state index in [1.54, 1.807) is 12.1 Å². The number of likely N-dealkylation sites (tertiary alicyclic amines) is 1. The number of pyridine rings is 1. The van der Waals surface area contributed by atoms with Crippen molar-refractivity contribution < 1.29 is 43.2 Å². The van der Waals surface area contributed by atoms with Gasteiger partial charge in [-0.3, -0.25) is 14.5 Å². The molecular formula is C46H62ClN7O9S. The van der Waals surface area contributed by atoms with Crippen LogP contribution in [0.2, 0.25) is 5.02 Å². The normalized spacial score (nSPS) is 28.1. The third kappa shape index (κ3) is 9.73. The van der Waals surface area contributed by atoms with Gasteiger partial charge < -0.3 is 44.9 Å². The van der Waals surface area contributed by atoms with Gasteiger partial charge in [-0.25, -0.2) is 19.6 Å². The average molecular weight is 925 g/mol. The van der Waals surface area contributed by atoms with Crippen molar-refractivity contribution in [1.29, 1.82) is 0 Å². The highest BCUT2D eigenvalue weighted by atomic mass is 35.5. The first-order chi connectivity index (χ1) is 30.4. The molecule has 18 heteroatoms. The van der Waals surface area contributed by atoms with Gasteiger partial charge in [0.05, 0.1) is 31.0 Å². The summed E-state index contributed by atoms with van der Waals surface area (Å²) in [4.78, 5) is 68.7. The van der Waals surface area contributed by atoms with Crippen LogP contribution in [0.25, 0.3) is 22.3 Å². The van der Waals surface area contributed by atoms with Gasteiger partial charge in [-0.05, 0) is 74.3 Å². The van der Waals surface area contributed by atoms with E-state index in [2.05, 4.69) is 27.8 Å². The maximum Gasteiger partial charge on any atom is 0.408 e. The van der Waals surface area contributed by atoms with Crippen molar-refractivity contribution in [3.05, 3.63) is 28.6 Å². The minimum atomic E-state index is -1.42. The number of carbonyl (C=O) groups is 4. The van der Waals surface area contributed by atoms with Gasteiger partial charge in [0.2, 0.25) is 11.8 Å². The molecular weight excluding hydrogens is 862 g/mol. The number of nitrogens with one attached hydrogen (secondary N) is 3. The molecule has 0 bridgehead atoms. The second-order valence-electron chi connectivity index (χ2n) is 19.6. The van der Waals surface area contributed by atoms with Gasteiger partial charge in [0.15, 0.2) is 5.13 Å². The molecule has 2 aromatic heterocycles. The number of carboxylic acid groups (broad SMARTS) is 1. The smallest absolute Gasteiger partial charge is 0.408 e. The number of ether oxygens (including phenoxy) is 4. The highest BCUT2D eigenvalue weighted by Crippen LogP contribution is 2.57. The Labute approximate surface area is 383 Å². The Hall–Kier alpha value is -4.45. The summed E-state index contributed by atoms with van der Waals surface area (Å²) in [5.41, 5.74) is -0.692. The minimum absolute atomic E-state index is 0.0316. The van der Waals surface area contributed by atoms with Gasteiger partial charge in [-0.2, -0.15) is 0 Å². The van der Waals surface area contributed by atoms with Crippen molar-refractivity contribution in [2.75, 3.05) is 51.3 Å². The van der Waals surface area contributed by atoms with Gasteiger partial charge in [0.25, 0.3) is 0 Å². The molecule has 348 valence electrons. The zero-order chi connectivity index (χ0) is 45.7. The molecule has 8 rings (SSSR count). The molecule has 5 aliphatic rings. The van der Waals surface area contributed by atoms with E-state index < -0.39 is 53.0 Å². The van der Waals surface area contributed by atoms with Crippen LogP contribution in [0.5, 0.6) is 11.5 Å². The molecule has 3 aromatic rings. The molecule has 3 amide bonds. The van der Waals surface area contributed by atoms with E-state index in [0.717, 1.165) is 31.1 Å². The number of hydrogen-bond acceptors (Lipinski definition) is 13. The van der Waals surface area contributed by atoms with E-state index in [1.165, 1.54) is 16.2 Å². The number of hydrogen-bond donors (Lipinski definition) is 4. The first-order valence-corrected chi connectivity index (χ1v) is 24.0. The molecule has 16 nitrogen and oxygen atoms in total. The van der Waals surface area contributed by atoms with Crippen LogP contribution in [-0.2, 0) is 23.9 Å². The van der Waals surface area contributed by atoms with E-state index in [-0.39, 0.29) is 31.0 Å². The SMILES string of the molecule is CC[C@@H]1C[C@]1(NC(=O)[C@@H]1C[C@@H](Oc2cc(-c3csc(NC(C)C)n3)nc3c(Cl)c(OCCN4CCOCC4)ccc23)CN1C(=O)[C@@H](NC(=O)OC1C[C@@H]2C(C)[C@@H]2C1)C(C)(C)C)C(=O)O. The molecule has 5 fully saturated rings. The number of alkyl carbamates (subject to hydrolysis) is 1. The molecule has 9 atom stereocenters. The number of fused-ring (bicyclic) bond motifs is 2. The number of nitrogens with zero attached hydrogens (tertiary/aromatic N) is 4.